The highest BCUT2D eigenvalue weighted by molar-refractivity contribution is 8.01. The lowest BCUT2D eigenvalue weighted by Crippen LogP contribution is -2.57. The van der Waals surface area contributed by atoms with E-state index >= 15 is 0 Å². The fourth-order valence-electron chi connectivity index (χ4n) is 2.99. The zero-order valence-corrected chi connectivity index (χ0v) is 14.3. The number of benzene rings is 1. The van der Waals surface area contributed by atoms with Crippen LogP contribution in [0.15, 0.2) is 28.1 Å². The average molecular weight is 358 g/mol. The predicted molar refractivity (Wildman–Crippen MR) is 85.9 cm³/mol. The molecule has 0 aliphatic carbocycles. The molecule has 0 saturated carbocycles. The van der Waals surface area contributed by atoms with Crippen molar-refractivity contribution in [3.63, 3.8) is 0 Å². The van der Waals surface area contributed by atoms with Crippen LogP contribution in [0.4, 0.5) is 18.9 Å². The van der Waals surface area contributed by atoms with Gasteiger partial charge in [0.2, 0.25) is 5.91 Å². The molecule has 2 aliphatic heterocycles. The van der Waals surface area contributed by atoms with E-state index in [0.29, 0.717) is 23.7 Å². The van der Waals surface area contributed by atoms with Gasteiger partial charge in [0.05, 0.1) is 5.69 Å². The minimum atomic E-state index is -4.75. The van der Waals surface area contributed by atoms with E-state index in [1.54, 1.807) is 4.90 Å². The first-order chi connectivity index (χ1) is 11.1. The summed E-state index contributed by atoms with van der Waals surface area (Å²) in [5, 5.41) is -0.498. The quantitative estimate of drug-likeness (QED) is 0.802. The van der Waals surface area contributed by atoms with Crippen molar-refractivity contribution in [2.24, 2.45) is 10.4 Å². The van der Waals surface area contributed by atoms with Crippen molar-refractivity contribution in [3.05, 3.63) is 18.2 Å². The molecule has 0 bridgehead atoms. The van der Waals surface area contributed by atoms with E-state index < -0.39 is 11.6 Å². The highest BCUT2D eigenvalue weighted by atomic mass is 32.2. The SMILES string of the molecule is CCN1CC(C)(C)C2=Nc3ccc(OC(F)(F)F)cc3SC2C1=O. The third kappa shape index (κ3) is 3.11. The van der Waals surface area contributed by atoms with Crippen molar-refractivity contribution in [1.82, 2.24) is 4.90 Å². The maximum absolute atomic E-state index is 12.6. The number of likely N-dealkylation sites (tertiary alicyclic amines) is 1. The maximum Gasteiger partial charge on any atom is 0.573 e. The van der Waals surface area contributed by atoms with Gasteiger partial charge in [0.25, 0.3) is 0 Å². The number of rotatable bonds is 2. The third-order valence-corrected chi connectivity index (χ3v) is 5.34. The van der Waals surface area contributed by atoms with Gasteiger partial charge in [0, 0.05) is 29.1 Å². The molecule has 2 aliphatic rings. The number of nitrogens with zero attached hydrogens (tertiary/aromatic N) is 2. The van der Waals surface area contributed by atoms with E-state index in [2.05, 4.69) is 9.73 Å². The maximum atomic E-state index is 12.6. The van der Waals surface area contributed by atoms with Gasteiger partial charge in [0.1, 0.15) is 11.0 Å². The molecule has 1 saturated heterocycles. The standard InChI is InChI=1S/C16H17F3N2O2S/c1-4-21-8-15(2,3)13-12(14(21)22)24-11-7-9(23-16(17,18)19)5-6-10(11)20-13/h5-7,12H,4,8H2,1-3H3. The zero-order chi connectivity index (χ0) is 17.7. The Bertz CT molecular complexity index is 716. The summed E-state index contributed by atoms with van der Waals surface area (Å²) in [5.74, 6) is -0.351. The first-order valence-corrected chi connectivity index (χ1v) is 8.43. The van der Waals surface area contributed by atoms with Crippen LogP contribution in [0.5, 0.6) is 5.75 Å². The molecule has 1 aromatic carbocycles. The Balaban J connectivity index is 1.99. The molecule has 0 radical (unpaired) electrons. The van der Waals surface area contributed by atoms with E-state index in [-0.39, 0.29) is 17.1 Å². The van der Waals surface area contributed by atoms with Crippen LogP contribution in [-0.2, 0) is 4.79 Å². The minimum absolute atomic E-state index is 0.0478. The van der Waals surface area contributed by atoms with E-state index in [9.17, 15) is 18.0 Å². The highest BCUT2D eigenvalue weighted by Gasteiger charge is 2.46. The van der Waals surface area contributed by atoms with Crippen LogP contribution in [0.25, 0.3) is 0 Å². The number of ether oxygens (including phenoxy) is 1. The van der Waals surface area contributed by atoms with Crippen LogP contribution < -0.4 is 4.74 Å². The molecule has 0 N–H and O–H groups in total. The molecule has 1 aromatic rings. The molecule has 4 nitrogen and oxygen atoms in total. The monoisotopic (exact) mass is 358 g/mol. The zero-order valence-electron chi connectivity index (χ0n) is 13.5. The summed E-state index contributed by atoms with van der Waals surface area (Å²) < 4.78 is 41.1. The van der Waals surface area contributed by atoms with Crippen LogP contribution in [0.3, 0.4) is 0 Å². The van der Waals surface area contributed by atoms with Crippen LogP contribution in [0.1, 0.15) is 20.8 Å². The Kier molecular flexibility index (Phi) is 4.06. The molecule has 1 unspecified atom stereocenters. The second-order valence-electron chi connectivity index (χ2n) is 6.41. The Morgan fingerprint density at radius 1 is 1.42 bits per heavy atom. The van der Waals surface area contributed by atoms with Crippen molar-refractivity contribution in [3.8, 4) is 5.75 Å². The number of carbonyl (C=O) groups is 1. The fourth-order valence-corrected chi connectivity index (χ4v) is 4.40. The summed E-state index contributed by atoms with van der Waals surface area (Å²) in [6, 6.07) is 4.03. The first kappa shape index (κ1) is 17.1. The number of piperidine rings is 1. The van der Waals surface area contributed by atoms with Gasteiger partial charge in [-0.25, -0.2) is 0 Å². The van der Waals surface area contributed by atoms with Crippen molar-refractivity contribution < 1.29 is 22.7 Å². The molecule has 1 fully saturated rings. The summed E-state index contributed by atoms with van der Waals surface area (Å²) >= 11 is 1.24. The largest absolute Gasteiger partial charge is 0.573 e. The normalized spacial score (nSPS) is 22.6. The molecule has 130 valence electrons. The fraction of sp³-hybridized carbons (Fsp3) is 0.500. The number of alkyl halides is 3. The summed E-state index contributed by atoms with van der Waals surface area (Å²) in [6.45, 7) is 7.15. The van der Waals surface area contributed by atoms with Gasteiger partial charge in [-0.2, -0.15) is 0 Å². The van der Waals surface area contributed by atoms with Gasteiger partial charge in [-0.05, 0) is 25.1 Å². The number of fused-ring (bicyclic) bond motifs is 2. The van der Waals surface area contributed by atoms with Crippen LogP contribution in [0, 0.1) is 5.41 Å². The number of aliphatic imine (C=N–C) groups is 1. The second-order valence-corrected chi connectivity index (χ2v) is 7.56. The highest BCUT2D eigenvalue weighted by Crippen LogP contribution is 2.46. The molecule has 2 heterocycles. The summed E-state index contributed by atoms with van der Waals surface area (Å²) in [7, 11) is 0. The second kappa shape index (κ2) is 5.68. The molecule has 24 heavy (non-hydrogen) atoms. The Morgan fingerprint density at radius 3 is 2.75 bits per heavy atom. The van der Waals surface area contributed by atoms with Crippen molar-refractivity contribution in [1.29, 1.82) is 0 Å². The van der Waals surface area contributed by atoms with Gasteiger partial charge in [-0.1, -0.05) is 13.8 Å². The number of carbonyl (C=O) groups excluding carboxylic acids is 1. The van der Waals surface area contributed by atoms with E-state index in [1.807, 2.05) is 20.8 Å². The molecule has 8 heteroatoms. The molecular formula is C16H17F3N2O2S. The molecule has 0 spiro atoms. The molecule has 1 atom stereocenters. The molecular weight excluding hydrogens is 341 g/mol. The number of halogens is 3. The Hall–Kier alpha value is -1.70. The number of hydrogen-bond donors (Lipinski definition) is 0. The average Bonchev–Trinajstić information content (AvgIpc) is 2.48. The Morgan fingerprint density at radius 2 is 2.12 bits per heavy atom. The number of thioether (sulfide) groups is 1. The summed E-state index contributed by atoms with van der Waals surface area (Å²) in [6.07, 6.45) is -4.75. The topological polar surface area (TPSA) is 41.9 Å². The third-order valence-electron chi connectivity index (χ3n) is 4.10. The van der Waals surface area contributed by atoms with Crippen molar-refractivity contribution in [2.75, 3.05) is 13.1 Å². The first-order valence-electron chi connectivity index (χ1n) is 7.55. The smallest absolute Gasteiger partial charge is 0.406 e. The summed E-state index contributed by atoms with van der Waals surface area (Å²) in [5.41, 5.74) is 1.08. The lowest BCUT2D eigenvalue weighted by atomic mass is 9.81. The van der Waals surface area contributed by atoms with Crippen LogP contribution in [-0.4, -0.2) is 41.2 Å². The number of hydrogen-bond acceptors (Lipinski definition) is 4. The molecule has 0 aromatic heterocycles. The van der Waals surface area contributed by atoms with Crippen LogP contribution in [0.2, 0.25) is 0 Å². The van der Waals surface area contributed by atoms with Crippen molar-refractivity contribution >= 4 is 29.1 Å². The summed E-state index contributed by atoms with van der Waals surface area (Å²) in [4.78, 5) is 19.5. The van der Waals surface area contributed by atoms with Gasteiger partial charge >= 0.3 is 6.36 Å². The predicted octanol–water partition coefficient (Wildman–Crippen LogP) is 4.02. The number of amides is 1. The van der Waals surface area contributed by atoms with Crippen LogP contribution >= 0.6 is 11.8 Å². The lowest BCUT2D eigenvalue weighted by molar-refractivity contribution is -0.274. The molecule has 1 amide bonds. The van der Waals surface area contributed by atoms with Gasteiger partial charge in [-0.3, -0.25) is 9.79 Å². The van der Waals surface area contributed by atoms with E-state index in [1.165, 1.54) is 30.0 Å². The van der Waals surface area contributed by atoms with Gasteiger partial charge in [-0.15, -0.1) is 24.9 Å². The van der Waals surface area contributed by atoms with E-state index in [4.69, 9.17) is 0 Å². The lowest BCUT2D eigenvalue weighted by Gasteiger charge is -2.44. The minimum Gasteiger partial charge on any atom is -0.406 e. The Labute approximate surface area is 142 Å². The van der Waals surface area contributed by atoms with E-state index in [0.717, 1.165) is 5.71 Å². The van der Waals surface area contributed by atoms with Crippen molar-refractivity contribution in [2.45, 2.75) is 37.3 Å². The van der Waals surface area contributed by atoms with Gasteiger partial charge < -0.3 is 9.64 Å². The molecule has 3 rings (SSSR count). The van der Waals surface area contributed by atoms with Gasteiger partial charge in [0.15, 0.2) is 0 Å².